The van der Waals surface area contributed by atoms with Gasteiger partial charge < -0.3 is 0 Å². The Morgan fingerprint density at radius 3 is 1.29 bits per heavy atom. The van der Waals surface area contributed by atoms with E-state index in [-0.39, 0.29) is 0 Å². The van der Waals surface area contributed by atoms with Gasteiger partial charge >= 0.3 is 0 Å². The van der Waals surface area contributed by atoms with Gasteiger partial charge in [0.2, 0.25) is 0 Å². The standard InChI is InChI=1S/C54H36N2/c1-5-16-38(17-6-1)48-36-52(42-22-11-4-12-23-42)56-54-49(33-45-24-13-14-27-47(45)53(48)54)39-30-28-37(29-31-39)43-25-15-26-44(32-43)46-34-50(40-18-7-2-8-19-40)55-51(35-46)41-20-9-3-10-21-41/h1-36H. The zero-order valence-corrected chi connectivity index (χ0v) is 30.7. The van der Waals surface area contributed by atoms with Gasteiger partial charge in [-0.05, 0) is 80.0 Å². The van der Waals surface area contributed by atoms with Crippen molar-refractivity contribution in [3.05, 3.63) is 218 Å². The Hall–Kier alpha value is -7.42. The molecular weight excluding hydrogens is 677 g/mol. The molecule has 0 aliphatic carbocycles. The molecule has 8 aromatic carbocycles. The average molecular weight is 713 g/mol. The van der Waals surface area contributed by atoms with Crippen molar-refractivity contribution in [2.45, 2.75) is 0 Å². The number of fused-ring (bicyclic) bond motifs is 3. The number of rotatable bonds is 7. The molecule has 2 heteroatoms. The molecule has 2 aromatic heterocycles. The van der Waals surface area contributed by atoms with Gasteiger partial charge in [-0.3, -0.25) is 0 Å². The molecule has 0 spiro atoms. The van der Waals surface area contributed by atoms with Crippen LogP contribution in [0.4, 0.5) is 0 Å². The van der Waals surface area contributed by atoms with E-state index < -0.39 is 0 Å². The topological polar surface area (TPSA) is 25.8 Å². The first-order valence-corrected chi connectivity index (χ1v) is 19.1. The third-order valence-electron chi connectivity index (χ3n) is 10.6. The van der Waals surface area contributed by atoms with Crippen LogP contribution in [0.25, 0.3) is 100.0 Å². The molecule has 2 heterocycles. The molecule has 0 aliphatic rings. The van der Waals surface area contributed by atoms with Gasteiger partial charge in [0.25, 0.3) is 0 Å². The van der Waals surface area contributed by atoms with Gasteiger partial charge in [0.05, 0.1) is 22.6 Å². The molecule has 0 atom stereocenters. The van der Waals surface area contributed by atoms with Crippen LogP contribution in [0, 0.1) is 0 Å². The van der Waals surface area contributed by atoms with Gasteiger partial charge in [0.15, 0.2) is 0 Å². The van der Waals surface area contributed by atoms with Crippen LogP contribution >= 0.6 is 0 Å². The lowest BCUT2D eigenvalue weighted by atomic mass is 9.90. The van der Waals surface area contributed by atoms with Crippen molar-refractivity contribution in [3.63, 3.8) is 0 Å². The molecule has 0 saturated heterocycles. The van der Waals surface area contributed by atoms with Crippen LogP contribution in [0.2, 0.25) is 0 Å². The highest BCUT2D eigenvalue weighted by atomic mass is 14.7. The number of aromatic nitrogens is 2. The van der Waals surface area contributed by atoms with Gasteiger partial charge in [-0.2, -0.15) is 0 Å². The summed E-state index contributed by atoms with van der Waals surface area (Å²) in [5.74, 6) is 0. The normalized spacial score (nSPS) is 11.2. The van der Waals surface area contributed by atoms with Gasteiger partial charge in [-0.15, -0.1) is 0 Å². The molecule has 0 unspecified atom stereocenters. The predicted octanol–water partition coefficient (Wildman–Crippen LogP) is 14.5. The van der Waals surface area contributed by atoms with Crippen LogP contribution in [0.1, 0.15) is 0 Å². The summed E-state index contributed by atoms with van der Waals surface area (Å²) in [6.45, 7) is 0. The Kier molecular flexibility index (Phi) is 8.55. The second kappa shape index (κ2) is 14.4. The van der Waals surface area contributed by atoms with Crippen LogP contribution in [-0.2, 0) is 0 Å². The largest absolute Gasteiger partial charge is 0.248 e. The molecular formula is C54H36N2. The van der Waals surface area contributed by atoms with E-state index in [1.165, 1.54) is 27.3 Å². The van der Waals surface area contributed by atoms with E-state index in [4.69, 9.17) is 9.97 Å². The molecule has 0 N–H and O–H groups in total. The maximum absolute atomic E-state index is 5.44. The van der Waals surface area contributed by atoms with E-state index in [1.54, 1.807) is 0 Å². The molecule has 0 aliphatic heterocycles. The molecule has 262 valence electrons. The van der Waals surface area contributed by atoms with E-state index in [0.29, 0.717) is 0 Å². The van der Waals surface area contributed by atoms with Crippen molar-refractivity contribution in [1.82, 2.24) is 9.97 Å². The molecule has 0 radical (unpaired) electrons. The van der Waals surface area contributed by atoms with Crippen molar-refractivity contribution in [3.8, 4) is 78.3 Å². The van der Waals surface area contributed by atoms with E-state index in [0.717, 1.165) is 72.7 Å². The van der Waals surface area contributed by atoms with E-state index in [1.807, 2.05) is 12.1 Å². The van der Waals surface area contributed by atoms with E-state index >= 15 is 0 Å². The minimum atomic E-state index is 0.957. The number of nitrogens with zero attached hydrogens (tertiary/aromatic N) is 2. The van der Waals surface area contributed by atoms with Gasteiger partial charge in [-0.1, -0.05) is 188 Å². The van der Waals surface area contributed by atoms with Crippen molar-refractivity contribution in [2.24, 2.45) is 0 Å². The first kappa shape index (κ1) is 33.2. The van der Waals surface area contributed by atoms with E-state index in [9.17, 15) is 0 Å². The molecule has 2 nitrogen and oxygen atoms in total. The smallest absolute Gasteiger partial charge is 0.0800 e. The lowest BCUT2D eigenvalue weighted by Crippen LogP contribution is -1.94. The number of hydrogen-bond donors (Lipinski definition) is 0. The Bertz CT molecular complexity index is 2920. The summed E-state index contributed by atoms with van der Waals surface area (Å²) in [4.78, 5) is 10.5. The number of benzene rings is 8. The third kappa shape index (κ3) is 6.34. The predicted molar refractivity (Wildman–Crippen MR) is 235 cm³/mol. The van der Waals surface area contributed by atoms with Crippen LogP contribution in [0.5, 0.6) is 0 Å². The second-order valence-electron chi connectivity index (χ2n) is 14.2. The van der Waals surface area contributed by atoms with Gasteiger partial charge in [0, 0.05) is 27.6 Å². The van der Waals surface area contributed by atoms with Gasteiger partial charge in [0.1, 0.15) is 0 Å². The SMILES string of the molecule is c1ccc(-c2cc(-c3cccc(-c4ccc(-c5cc6ccccc6c6c(-c7ccccc7)cc(-c7ccccc7)nc56)cc4)c3)cc(-c3ccccc3)n2)cc1. The van der Waals surface area contributed by atoms with Crippen LogP contribution in [0.3, 0.4) is 0 Å². The molecule has 10 aromatic rings. The maximum atomic E-state index is 5.44. The Balaban J connectivity index is 1.09. The zero-order chi connectivity index (χ0) is 37.3. The minimum Gasteiger partial charge on any atom is -0.248 e. The summed E-state index contributed by atoms with van der Waals surface area (Å²) in [5.41, 5.74) is 16.4. The summed E-state index contributed by atoms with van der Waals surface area (Å²) in [7, 11) is 0. The quantitative estimate of drug-likeness (QED) is 0.154. The molecule has 0 saturated carbocycles. The lowest BCUT2D eigenvalue weighted by molar-refractivity contribution is 1.32. The second-order valence-corrected chi connectivity index (χ2v) is 14.2. The Labute approximate surface area is 327 Å². The van der Waals surface area contributed by atoms with Crippen LogP contribution < -0.4 is 0 Å². The van der Waals surface area contributed by atoms with Crippen LogP contribution in [-0.4, -0.2) is 9.97 Å². The molecule has 0 bridgehead atoms. The van der Waals surface area contributed by atoms with Crippen molar-refractivity contribution >= 4 is 21.7 Å². The number of pyridine rings is 2. The summed E-state index contributed by atoms with van der Waals surface area (Å²) < 4.78 is 0. The molecule has 0 amide bonds. The highest BCUT2D eigenvalue weighted by Gasteiger charge is 2.17. The van der Waals surface area contributed by atoms with Crippen molar-refractivity contribution in [1.29, 1.82) is 0 Å². The molecule has 56 heavy (non-hydrogen) atoms. The minimum absolute atomic E-state index is 0.957. The fourth-order valence-electron chi connectivity index (χ4n) is 7.84. The average Bonchev–Trinajstić information content (AvgIpc) is 3.29. The summed E-state index contributed by atoms with van der Waals surface area (Å²) in [5, 5.41) is 3.57. The third-order valence-corrected chi connectivity index (χ3v) is 10.6. The highest BCUT2D eigenvalue weighted by molar-refractivity contribution is 6.18. The summed E-state index contributed by atoms with van der Waals surface area (Å²) in [6, 6.07) is 77.5. The Morgan fingerprint density at radius 2 is 0.696 bits per heavy atom. The maximum Gasteiger partial charge on any atom is 0.0800 e. The summed E-state index contributed by atoms with van der Waals surface area (Å²) >= 11 is 0. The monoisotopic (exact) mass is 712 g/mol. The van der Waals surface area contributed by atoms with Gasteiger partial charge in [-0.25, -0.2) is 9.97 Å². The highest BCUT2D eigenvalue weighted by Crippen LogP contribution is 2.42. The first-order chi connectivity index (χ1) is 27.7. The van der Waals surface area contributed by atoms with Crippen molar-refractivity contribution < 1.29 is 0 Å². The molecule has 10 rings (SSSR count). The number of hydrogen-bond acceptors (Lipinski definition) is 2. The fraction of sp³-hybridized carbons (Fsp3) is 0. The summed E-state index contributed by atoms with van der Waals surface area (Å²) in [6.07, 6.45) is 0. The fourth-order valence-corrected chi connectivity index (χ4v) is 7.84. The first-order valence-electron chi connectivity index (χ1n) is 19.1. The van der Waals surface area contributed by atoms with Crippen molar-refractivity contribution in [2.75, 3.05) is 0 Å². The van der Waals surface area contributed by atoms with E-state index in [2.05, 4.69) is 206 Å². The Morgan fingerprint density at radius 1 is 0.250 bits per heavy atom. The molecule has 0 fully saturated rings. The van der Waals surface area contributed by atoms with Crippen LogP contribution in [0.15, 0.2) is 218 Å². The lowest BCUT2D eigenvalue weighted by Gasteiger charge is -2.17. The zero-order valence-electron chi connectivity index (χ0n) is 30.7.